The lowest BCUT2D eigenvalue weighted by Gasteiger charge is -1.97. The predicted octanol–water partition coefficient (Wildman–Crippen LogP) is 4.66. The van der Waals surface area contributed by atoms with Gasteiger partial charge in [-0.25, -0.2) is 0 Å². The van der Waals surface area contributed by atoms with Gasteiger partial charge in [0, 0.05) is 6.42 Å². The third-order valence-electron chi connectivity index (χ3n) is 2.54. The number of ketones is 1. The normalized spacial score (nSPS) is 11.1. The molecule has 0 bridgehead atoms. The average molecular weight is 210 g/mol. The number of Topliss-reactive ketones (excluding diaryl/α,β-unsaturated/α-hetero) is 1. The first kappa shape index (κ1) is 14.4. The van der Waals surface area contributed by atoms with Crippen LogP contribution in [0.25, 0.3) is 0 Å². The lowest BCUT2D eigenvalue weighted by Crippen LogP contribution is -1.88. The third-order valence-corrected chi connectivity index (χ3v) is 2.54. The fraction of sp³-hybridized carbons (Fsp3) is 0.786. The summed E-state index contributed by atoms with van der Waals surface area (Å²) in [6.45, 7) is 3.90. The summed E-state index contributed by atoms with van der Waals surface area (Å²) in [4.78, 5) is 10.7. The maximum absolute atomic E-state index is 10.7. The fourth-order valence-corrected chi connectivity index (χ4v) is 1.55. The van der Waals surface area contributed by atoms with Gasteiger partial charge in [-0.3, -0.25) is 0 Å². The topological polar surface area (TPSA) is 17.1 Å². The van der Waals surface area contributed by atoms with E-state index in [2.05, 4.69) is 19.1 Å². The van der Waals surface area contributed by atoms with Crippen molar-refractivity contribution < 1.29 is 4.79 Å². The Labute approximate surface area is 95.0 Å². The Balaban J connectivity index is 3.04. The van der Waals surface area contributed by atoms with Gasteiger partial charge in [-0.15, -0.1) is 0 Å². The number of allylic oxidation sites excluding steroid dienone is 2. The molecule has 0 saturated heterocycles. The first-order chi connectivity index (χ1) is 7.27. The highest BCUT2D eigenvalue weighted by molar-refractivity contribution is 5.75. The Hall–Kier alpha value is -0.590. The van der Waals surface area contributed by atoms with Crippen LogP contribution in [0.1, 0.15) is 71.6 Å². The van der Waals surface area contributed by atoms with E-state index in [1.807, 2.05) is 0 Å². The molecule has 0 N–H and O–H groups in total. The molecule has 15 heavy (non-hydrogen) atoms. The SMILES string of the molecule is CCCCC=CCCCCCCC(C)=O. The molecule has 0 aromatic carbocycles. The molecule has 0 aliphatic carbocycles. The van der Waals surface area contributed by atoms with Gasteiger partial charge in [-0.2, -0.15) is 0 Å². The van der Waals surface area contributed by atoms with E-state index in [0.717, 1.165) is 12.8 Å². The van der Waals surface area contributed by atoms with Gasteiger partial charge in [0.2, 0.25) is 0 Å². The minimum absolute atomic E-state index is 0.328. The van der Waals surface area contributed by atoms with Crippen molar-refractivity contribution in [2.24, 2.45) is 0 Å². The number of hydrogen-bond acceptors (Lipinski definition) is 1. The molecule has 0 aliphatic rings. The molecule has 0 rings (SSSR count). The fourth-order valence-electron chi connectivity index (χ4n) is 1.55. The van der Waals surface area contributed by atoms with Crippen molar-refractivity contribution in [2.75, 3.05) is 0 Å². The zero-order chi connectivity index (χ0) is 11.4. The van der Waals surface area contributed by atoms with E-state index in [-0.39, 0.29) is 0 Å². The second-order valence-corrected chi connectivity index (χ2v) is 4.27. The van der Waals surface area contributed by atoms with Crippen LogP contribution in [0, 0.1) is 0 Å². The van der Waals surface area contributed by atoms with Crippen LogP contribution in [0.4, 0.5) is 0 Å². The van der Waals surface area contributed by atoms with Gasteiger partial charge in [-0.05, 0) is 32.6 Å². The second-order valence-electron chi connectivity index (χ2n) is 4.27. The van der Waals surface area contributed by atoms with E-state index in [1.165, 1.54) is 44.9 Å². The number of unbranched alkanes of at least 4 members (excludes halogenated alkanes) is 6. The van der Waals surface area contributed by atoms with Crippen molar-refractivity contribution in [3.63, 3.8) is 0 Å². The maximum Gasteiger partial charge on any atom is 0.129 e. The molecular weight excluding hydrogens is 184 g/mol. The molecule has 0 radical (unpaired) electrons. The summed E-state index contributed by atoms with van der Waals surface area (Å²) in [7, 11) is 0. The summed E-state index contributed by atoms with van der Waals surface area (Å²) in [5.41, 5.74) is 0. The van der Waals surface area contributed by atoms with Crippen LogP contribution in [0.15, 0.2) is 12.2 Å². The Morgan fingerprint density at radius 1 is 0.933 bits per heavy atom. The second kappa shape index (κ2) is 11.5. The van der Waals surface area contributed by atoms with Crippen LogP contribution in [0.3, 0.4) is 0 Å². The Kier molecular flexibility index (Phi) is 11.0. The van der Waals surface area contributed by atoms with Crippen molar-refractivity contribution in [3.05, 3.63) is 12.2 Å². The molecule has 0 heterocycles. The van der Waals surface area contributed by atoms with Crippen molar-refractivity contribution >= 4 is 5.78 Å². The van der Waals surface area contributed by atoms with Crippen LogP contribution in [-0.4, -0.2) is 5.78 Å². The van der Waals surface area contributed by atoms with Crippen LogP contribution in [0.2, 0.25) is 0 Å². The summed E-state index contributed by atoms with van der Waals surface area (Å²) in [5, 5.41) is 0. The Bertz CT molecular complexity index is 170. The summed E-state index contributed by atoms with van der Waals surface area (Å²) < 4.78 is 0. The van der Waals surface area contributed by atoms with E-state index < -0.39 is 0 Å². The molecule has 88 valence electrons. The Morgan fingerprint density at radius 2 is 1.53 bits per heavy atom. The van der Waals surface area contributed by atoms with Gasteiger partial charge in [0.1, 0.15) is 5.78 Å². The first-order valence-electron chi connectivity index (χ1n) is 6.41. The van der Waals surface area contributed by atoms with Gasteiger partial charge >= 0.3 is 0 Å². The molecule has 0 unspecified atom stereocenters. The van der Waals surface area contributed by atoms with Gasteiger partial charge in [0.05, 0.1) is 0 Å². The predicted molar refractivity (Wildman–Crippen MR) is 67.0 cm³/mol. The number of rotatable bonds is 10. The molecule has 0 atom stereocenters. The summed E-state index contributed by atoms with van der Waals surface area (Å²) in [6.07, 6.45) is 15.3. The highest BCUT2D eigenvalue weighted by atomic mass is 16.1. The van der Waals surface area contributed by atoms with Gasteiger partial charge < -0.3 is 4.79 Å². The lowest BCUT2D eigenvalue weighted by atomic mass is 10.1. The van der Waals surface area contributed by atoms with Crippen molar-refractivity contribution in [2.45, 2.75) is 71.6 Å². The molecule has 0 spiro atoms. The molecule has 0 saturated carbocycles. The molecule has 1 heteroatoms. The average Bonchev–Trinajstić information content (AvgIpc) is 2.20. The van der Waals surface area contributed by atoms with Crippen LogP contribution < -0.4 is 0 Å². The molecule has 1 nitrogen and oxygen atoms in total. The van der Waals surface area contributed by atoms with Crippen molar-refractivity contribution in [1.29, 1.82) is 0 Å². The van der Waals surface area contributed by atoms with Crippen LogP contribution in [0.5, 0.6) is 0 Å². The molecule has 0 aromatic heterocycles. The largest absolute Gasteiger partial charge is 0.300 e. The maximum atomic E-state index is 10.7. The quantitative estimate of drug-likeness (QED) is 0.378. The molecule has 0 aliphatic heterocycles. The van der Waals surface area contributed by atoms with Gasteiger partial charge in [0.25, 0.3) is 0 Å². The van der Waals surface area contributed by atoms with E-state index in [0.29, 0.717) is 5.78 Å². The molecule has 0 amide bonds. The molecule has 0 fully saturated rings. The summed E-state index contributed by atoms with van der Waals surface area (Å²) in [6, 6.07) is 0. The smallest absolute Gasteiger partial charge is 0.129 e. The highest BCUT2D eigenvalue weighted by Crippen LogP contribution is 2.06. The monoisotopic (exact) mass is 210 g/mol. The standard InChI is InChI=1S/C14H26O/c1-3-4-5-6-7-8-9-10-11-12-13-14(2)15/h6-7H,3-5,8-13H2,1-2H3. The van der Waals surface area contributed by atoms with Crippen LogP contribution >= 0.6 is 0 Å². The minimum Gasteiger partial charge on any atom is -0.300 e. The van der Waals surface area contributed by atoms with E-state index in [4.69, 9.17) is 0 Å². The van der Waals surface area contributed by atoms with Crippen LogP contribution in [-0.2, 0) is 4.79 Å². The molecular formula is C14H26O. The zero-order valence-corrected chi connectivity index (χ0v) is 10.4. The van der Waals surface area contributed by atoms with E-state index in [1.54, 1.807) is 6.92 Å². The van der Waals surface area contributed by atoms with E-state index >= 15 is 0 Å². The van der Waals surface area contributed by atoms with Gasteiger partial charge in [-0.1, -0.05) is 44.8 Å². The first-order valence-corrected chi connectivity index (χ1v) is 6.41. The van der Waals surface area contributed by atoms with Crippen molar-refractivity contribution in [3.8, 4) is 0 Å². The Morgan fingerprint density at radius 3 is 2.13 bits per heavy atom. The minimum atomic E-state index is 0.328. The molecule has 0 aromatic rings. The third kappa shape index (κ3) is 13.4. The van der Waals surface area contributed by atoms with E-state index in [9.17, 15) is 4.79 Å². The summed E-state index contributed by atoms with van der Waals surface area (Å²) >= 11 is 0. The highest BCUT2D eigenvalue weighted by Gasteiger charge is 1.92. The number of hydrogen-bond donors (Lipinski definition) is 0. The number of carbonyl (C=O) groups excluding carboxylic acids is 1. The summed E-state index contributed by atoms with van der Waals surface area (Å²) in [5.74, 6) is 0.328. The van der Waals surface area contributed by atoms with Gasteiger partial charge in [0.15, 0.2) is 0 Å². The number of carbonyl (C=O) groups is 1. The zero-order valence-electron chi connectivity index (χ0n) is 10.4. The lowest BCUT2D eigenvalue weighted by molar-refractivity contribution is -0.117. The van der Waals surface area contributed by atoms with Crippen molar-refractivity contribution in [1.82, 2.24) is 0 Å².